The molecule has 0 aromatic carbocycles. The average Bonchev–Trinajstić information content (AvgIpc) is 1.76. The normalized spacial score (nSPS) is 6.67. The second-order valence-corrected chi connectivity index (χ2v) is 1.61. The topological polar surface area (TPSA) is 0 Å². The Balaban J connectivity index is 0.000000250. The standard InChI is InChI=1S/C4H4S.Si/c1-2-4-5-3-1;/h1-4H;. The summed E-state index contributed by atoms with van der Waals surface area (Å²) in [5.74, 6) is 0. The molecule has 1 aromatic rings. The number of hydrogen-bond acceptors (Lipinski definition) is 1. The summed E-state index contributed by atoms with van der Waals surface area (Å²) in [6.45, 7) is 0. The van der Waals surface area contributed by atoms with Crippen molar-refractivity contribution in [1.82, 2.24) is 0 Å². The molecule has 0 fully saturated rings. The third kappa shape index (κ3) is 1.38. The maximum atomic E-state index is 2.04. The number of thiophene rings is 1. The van der Waals surface area contributed by atoms with Crippen LogP contribution in [0.15, 0.2) is 22.9 Å². The fourth-order valence-corrected chi connectivity index (χ4v) is 0.680. The van der Waals surface area contributed by atoms with Crippen LogP contribution in [0.1, 0.15) is 0 Å². The minimum Gasteiger partial charge on any atom is -0.152 e. The van der Waals surface area contributed by atoms with Crippen LogP contribution in [0.4, 0.5) is 0 Å². The Kier molecular flexibility index (Phi) is 3.08. The Morgan fingerprint density at radius 3 is 1.67 bits per heavy atom. The largest absolute Gasteiger partial charge is 0.152 e. The molecule has 4 radical (unpaired) electrons. The third-order valence-electron chi connectivity index (χ3n) is 0.425. The van der Waals surface area contributed by atoms with E-state index in [1.54, 1.807) is 11.3 Å². The zero-order valence-corrected chi connectivity index (χ0v) is 5.03. The maximum absolute atomic E-state index is 2.04. The molecule has 1 rings (SSSR count). The van der Waals surface area contributed by atoms with E-state index in [1.165, 1.54) is 0 Å². The molecule has 0 amide bonds. The fraction of sp³-hybridized carbons (Fsp3) is 0. The second-order valence-electron chi connectivity index (χ2n) is 0.793. The third-order valence-corrected chi connectivity index (χ3v) is 1.05. The van der Waals surface area contributed by atoms with Gasteiger partial charge in [0.2, 0.25) is 0 Å². The van der Waals surface area contributed by atoms with Gasteiger partial charge in [-0.2, -0.15) is 11.3 Å². The van der Waals surface area contributed by atoms with E-state index in [1.807, 2.05) is 22.9 Å². The molecule has 2 heteroatoms. The summed E-state index contributed by atoms with van der Waals surface area (Å²) >= 11 is 1.71. The molecule has 0 aliphatic heterocycles. The molecule has 0 atom stereocenters. The molecule has 30 valence electrons. The van der Waals surface area contributed by atoms with Crippen LogP contribution >= 0.6 is 11.3 Å². The van der Waals surface area contributed by atoms with Gasteiger partial charge in [0.1, 0.15) is 0 Å². The first kappa shape index (κ1) is 5.92. The molecule has 0 nitrogen and oxygen atoms in total. The maximum Gasteiger partial charge on any atom is 0 e. The summed E-state index contributed by atoms with van der Waals surface area (Å²) in [6.07, 6.45) is 0. The molecular formula is C4H4SSi. The van der Waals surface area contributed by atoms with Crippen molar-refractivity contribution in [3.8, 4) is 0 Å². The van der Waals surface area contributed by atoms with E-state index in [0.717, 1.165) is 0 Å². The van der Waals surface area contributed by atoms with Crippen LogP contribution in [0, 0.1) is 0 Å². The zero-order valence-electron chi connectivity index (χ0n) is 3.22. The molecule has 0 saturated carbocycles. The Bertz CT molecular complexity index is 64.0. The molecule has 6 heavy (non-hydrogen) atoms. The summed E-state index contributed by atoms with van der Waals surface area (Å²) in [6, 6.07) is 4.04. The van der Waals surface area contributed by atoms with Gasteiger partial charge in [-0.25, -0.2) is 0 Å². The van der Waals surface area contributed by atoms with Gasteiger partial charge in [-0.15, -0.1) is 0 Å². The summed E-state index contributed by atoms with van der Waals surface area (Å²) in [4.78, 5) is 0. The molecule has 0 bridgehead atoms. The molecule has 0 aliphatic carbocycles. The van der Waals surface area contributed by atoms with Crippen LogP contribution in [0.2, 0.25) is 0 Å². The molecule has 0 unspecified atom stereocenters. The van der Waals surface area contributed by atoms with Crippen LogP contribution < -0.4 is 0 Å². The van der Waals surface area contributed by atoms with Crippen LogP contribution in [0.3, 0.4) is 0 Å². The highest BCUT2D eigenvalue weighted by atomic mass is 32.1. The highest BCUT2D eigenvalue weighted by Gasteiger charge is 1.58. The zero-order chi connectivity index (χ0) is 3.54. The average molecular weight is 112 g/mol. The van der Waals surface area contributed by atoms with Gasteiger partial charge in [0.25, 0.3) is 0 Å². The van der Waals surface area contributed by atoms with Gasteiger partial charge < -0.3 is 0 Å². The van der Waals surface area contributed by atoms with Crippen molar-refractivity contribution in [1.29, 1.82) is 0 Å². The summed E-state index contributed by atoms with van der Waals surface area (Å²) in [5, 5.41) is 4.08. The number of hydrogen-bond donors (Lipinski definition) is 0. The van der Waals surface area contributed by atoms with Crippen molar-refractivity contribution in [3.05, 3.63) is 22.9 Å². The molecule has 1 heterocycles. The SMILES string of the molecule is [Si].c1ccsc1. The van der Waals surface area contributed by atoms with Gasteiger partial charge in [-0.05, 0) is 10.8 Å². The molecular weight excluding hydrogens is 108 g/mol. The molecule has 0 spiro atoms. The highest BCUT2D eigenvalue weighted by Crippen LogP contribution is 1.91. The first-order valence-corrected chi connectivity index (χ1v) is 2.41. The first-order valence-electron chi connectivity index (χ1n) is 1.47. The van der Waals surface area contributed by atoms with Gasteiger partial charge in [-0.1, -0.05) is 12.1 Å². The lowest BCUT2D eigenvalue weighted by Crippen LogP contribution is -1.16. The monoisotopic (exact) mass is 112 g/mol. The Morgan fingerprint density at radius 2 is 1.50 bits per heavy atom. The summed E-state index contributed by atoms with van der Waals surface area (Å²) in [5.41, 5.74) is 0. The molecule has 0 saturated heterocycles. The molecule has 0 N–H and O–H groups in total. The Morgan fingerprint density at radius 1 is 1.00 bits per heavy atom. The van der Waals surface area contributed by atoms with Gasteiger partial charge in [-0.3, -0.25) is 0 Å². The van der Waals surface area contributed by atoms with Gasteiger partial charge in [0, 0.05) is 11.0 Å². The lowest BCUT2D eigenvalue weighted by molar-refractivity contribution is 2.03. The van der Waals surface area contributed by atoms with Crippen molar-refractivity contribution in [3.63, 3.8) is 0 Å². The van der Waals surface area contributed by atoms with E-state index in [9.17, 15) is 0 Å². The second kappa shape index (κ2) is 3.12. The minimum atomic E-state index is 0. The fourth-order valence-electron chi connectivity index (χ4n) is 0.227. The van der Waals surface area contributed by atoms with Crippen molar-refractivity contribution < 1.29 is 0 Å². The Hall–Kier alpha value is -0.0831. The van der Waals surface area contributed by atoms with E-state index >= 15 is 0 Å². The van der Waals surface area contributed by atoms with E-state index in [4.69, 9.17) is 0 Å². The minimum absolute atomic E-state index is 0. The van der Waals surface area contributed by atoms with Gasteiger partial charge in [0.15, 0.2) is 0 Å². The molecule has 0 aliphatic rings. The number of rotatable bonds is 0. The lowest BCUT2D eigenvalue weighted by atomic mass is 10.7. The van der Waals surface area contributed by atoms with Crippen LogP contribution in [0.25, 0.3) is 0 Å². The first-order chi connectivity index (χ1) is 2.50. The van der Waals surface area contributed by atoms with Crippen LogP contribution in [-0.2, 0) is 0 Å². The molecule has 1 aromatic heterocycles. The van der Waals surface area contributed by atoms with Crippen molar-refractivity contribution in [2.75, 3.05) is 0 Å². The van der Waals surface area contributed by atoms with E-state index in [2.05, 4.69) is 0 Å². The predicted molar refractivity (Wildman–Crippen MR) is 30.1 cm³/mol. The van der Waals surface area contributed by atoms with Crippen molar-refractivity contribution >= 4 is 22.3 Å². The summed E-state index contributed by atoms with van der Waals surface area (Å²) in [7, 11) is 0. The van der Waals surface area contributed by atoms with Crippen LogP contribution in [0.5, 0.6) is 0 Å². The predicted octanol–water partition coefficient (Wildman–Crippen LogP) is 1.37. The quantitative estimate of drug-likeness (QED) is 0.445. The highest BCUT2D eigenvalue weighted by molar-refractivity contribution is 7.07. The summed E-state index contributed by atoms with van der Waals surface area (Å²) < 4.78 is 0. The van der Waals surface area contributed by atoms with Crippen molar-refractivity contribution in [2.45, 2.75) is 0 Å². The van der Waals surface area contributed by atoms with E-state index in [0.29, 0.717) is 0 Å². The van der Waals surface area contributed by atoms with Gasteiger partial charge in [0.05, 0.1) is 0 Å². The van der Waals surface area contributed by atoms with Crippen molar-refractivity contribution in [2.24, 2.45) is 0 Å². The van der Waals surface area contributed by atoms with Gasteiger partial charge >= 0.3 is 0 Å². The smallest absolute Gasteiger partial charge is 0 e. The van der Waals surface area contributed by atoms with E-state index < -0.39 is 0 Å². The van der Waals surface area contributed by atoms with E-state index in [-0.39, 0.29) is 11.0 Å². The lowest BCUT2D eigenvalue weighted by Gasteiger charge is -1.39. The Labute approximate surface area is 45.8 Å². The van der Waals surface area contributed by atoms with Crippen LogP contribution in [-0.4, -0.2) is 11.0 Å².